The lowest BCUT2D eigenvalue weighted by Crippen LogP contribution is -2.41. The molecule has 0 saturated carbocycles. The van der Waals surface area contributed by atoms with Crippen LogP contribution < -0.4 is 20.7 Å². The fourth-order valence-corrected chi connectivity index (χ4v) is 2.64. The summed E-state index contributed by atoms with van der Waals surface area (Å²) >= 11 is 0. The summed E-state index contributed by atoms with van der Waals surface area (Å²) in [6.45, 7) is 8.01. The fourth-order valence-electron chi connectivity index (χ4n) is 2.64. The van der Waals surface area contributed by atoms with E-state index in [9.17, 15) is 9.18 Å². The lowest BCUT2D eigenvalue weighted by atomic mass is 10.1. The minimum atomic E-state index is -0.326. The van der Waals surface area contributed by atoms with Gasteiger partial charge in [0.2, 0.25) is 0 Å². The Hall–Kier alpha value is -2.36. The summed E-state index contributed by atoms with van der Waals surface area (Å²) in [4.78, 5) is 16.5. The number of hydrogen-bond donors (Lipinski definition) is 3. The smallest absolute Gasteiger partial charge is 0.251 e. The molecule has 6 nitrogen and oxygen atoms in total. The third-order valence-electron chi connectivity index (χ3n) is 3.98. The standard InChI is InChI=1S/C22H29FN4O2.HI/c1-4-24-21(28)18-9-6-8-17(12-18)15-27-22(25-5-2)26-14-16(3)29-20-11-7-10-19(23)13-20;/h6-13,16H,4-5,14-15H2,1-3H3,(H,24,28)(H2,25,26,27);1H. The van der Waals surface area contributed by atoms with Crippen LogP contribution in [0.4, 0.5) is 4.39 Å². The molecule has 2 rings (SSSR count). The summed E-state index contributed by atoms with van der Waals surface area (Å²) in [6.07, 6.45) is -0.179. The summed E-state index contributed by atoms with van der Waals surface area (Å²) in [5.41, 5.74) is 1.56. The van der Waals surface area contributed by atoms with Crippen LogP contribution in [0.1, 0.15) is 36.7 Å². The molecule has 30 heavy (non-hydrogen) atoms. The van der Waals surface area contributed by atoms with Gasteiger partial charge in [0, 0.05) is 24.7 Å². The van der Waals surface area contributed by atoms with Crippen molar-refractivity contribution in [2.24, 2.45) is 4.99 Å². The van der Waals surface area contributed by atoms with Crippen LogP contribution in [0.2, 0.25) is 0 Å². The Morgan fingerprint density at radius 1 is 1.07 bits per heavy atom. The molecule has 3 N–H and O–H groups in total. The number of nitrogens with zero attached hydrogens (tertiary/aromatic N) is 1. The summed E-state index contributed by atoms with van der Waals surface area (Å²) in [7, 11) is 0. The zero-order valence-electron chi connectivity index (χ0n) is 17.6. The van der Waals surface area contributed by atoms with Crippen molar-refractivity contribution in [1.82, 2.24) is 16.0 Å². The number of carbonyl (C=O) groups is 1. The molecule has 0 aliphatic carbocycles. The van der Waals surface area contributed by atoms with Gasteiger partial charge in [-0.1, -0.05) is 18.2 Å². The lowest BCUT2D eigenvalue weighted by molar-refractivity contribution is 0.0955. The Balaban J connectivity index is 0.00000450. The molecule has 0 spiro atoms. The number of carbonyl (C=O) groups excluding carboxylic acids is 1. The van der Waals surface area contributed by atoms with E-state index in [-0.39, 0.29) is 41.8 Å². The van der Waals surface area contributed by atoms with Gasteiger partial charge in [-0.2, -0.15) is 0 Å². The maximum Gasteiger partial charge on any atom is 0.251 e. The maximum atomic E-state index is 13.3. The predicted molar refractivity (Wildman–Crippen MR) is 129 cm³/mol. The van der Waals surface area contributed by atoms with Gasteiger partial charge in [-0.25, -0.2) is 9.38 Å². The number of halogens is 2. The number of rotatable bonds is 9. The molecular weight excluding hydrogens is 498 g/mol. The van der Waals surface area contributed by atoms with Gasteiger partial charge in [-0.15, -0.1) is 24.0 Å². The van der Waals surface area contributed by atoms with E-state index < -0.39 is 0 Å². The number of guanidine groups is 1. The van der Waals surface area contributed by atoms with Crippen LogP contribution in [-0.2, 0) is 6.54 Å². The summed E-state index contributed by atoms with van der Waals surface area (Å²) < 4.78 is 19.0. The van der Waals surface area contributed by atoms with E-state index in [1.54, 1.807) is 18.2 Å². The van der Waals surface area contributed by atoms with Crippen molar-refractivity contribution in [2.45, 2.75) is 33.4 Å². The van der Waals surface area contributed by atoms with E-state index in [0.717, 1.165) is 5.56 Å². The minimum Gasteiger partial charge on any atom is -0.489 e. The van der Waals surface area contributed by atoms with Crippen LogP contribution in [0.15, 0.2) is 53.5 Å². The molecule has 1 atom stereocenters. The van der Waals surface area contributed by atoms with Crippen molar-refractivity contribution in [3.63, 3.8) is 0 Å². The number of aliphatic imine (C=N–C) groups is 1. The van der Waals surface area contributed by atoms with E-state index in [1.165, 1.54) is 12.1 Å². The van der Waals surface area contributed by atoms with Crippen molar-refractivity contribution in [2.75, 3.05) is 19.6 Å². The van der Waals surface area contributed by atoms with Crippen molar-refractivity contribution in [3.8, 4) is 5.75 Å². The first-order valence-electron chi connectivity index (χ1n) is 9.83. The van der Waals surface area contributed by atoms with Crippen LogP contribution >= 0.6 is 24.0 Å². The van der Waals surface area contributed by atoms with E-state index in [2.05, 4.69) is 20.9 Å². The van der Waals surface area contributed by atoms with Crippen molar-refractivity contribution in [1.29, 1.82) is 0 Å². The van der Waals surface area contributed by atoms with Gasteiger partial charge in [0.05, 0.1) is 13.1 Å². The quantitative estimate of drug-likeness (QED) is 0.264. The first kappa shape index (κ1) is 25.7. The predicted octanol–water partition coefficient (Wildman–Crippen LogP) is 3.72. The Bertz CT molecular complexity index is 832. The molecule has 0 aromatic heterocycles. The van der Waals surface area contributed by atoms with Gasteiger partial charge in [0.25, 0.3) is 5.91 Å². The van der Waals surface area contributed by atoms with Crippen LogP contribution in [-0.4, -0.2) is 37.6 Å². The molecule has 0 saturated heterocycles. The van der Waals surface area contributed by atoms with Crippen LogP contribution in [0.3, 0.4) is 0 Å². The molecule has 0 fully saturated rings. The highest BCUT2D eigenvalue weighted by atomic mass is 127. The van der Waals surface area contributed by atoms with Crippen molar-refractivity contribution >= 4 is 35.8 Å². The van der Waals surface area contributed by atoms with Crippen LogP contribution in [0.25, 0.3) is 0 Å². The number of hydrogen-bond acceptors (Lipinski definition) is 3. The Morgan fingerprint density at radius 3 is 2.50 bits per heavy atom. The number of benzene rings is 2. The SMILES string of the molecule is CCNC(=O)c1cccc(CN=C(NCC)NCC(C)Oc2cccc(F)c2)c1.I. The second kappa shape index (κ2) is 13.8. The molecule has 1 unspecified atom stereocenters. The highest BCUT2D eigenvalue weighted by molar-refractivity contribution is 14.0. The molecule has 1 amide bonds. The Morgan fingerprint density at radius 2 is 1.80 bits per heavy atom. The maximum absolute atomic E-state index is 13.3. The van der Waals surface area contributed by atoms with Gasteiger partial charge in [0.1, 0.15) is 17.7 Å². The average Bonchev–Trinajstić information content (AvgIpc) is 2.70. The molecule has 0 bridgehead atoms. The molecule has 8 heteroatoms. The monoisotopic (exact) mass is 528 g/mol. The molecule has 0 radical (unpaired) electrons. The zero-order chi connectivity index (χ0) is 21.1. The van der Waals surface area contributed by atoms with Gasteiger partial charge in [-0.3, -0.25) is 4.79 Å². The van der Waals surface area contributed by atoms with E-state index >= 15 is 0 Å². The van der Waals surface area contributed by atoms with E-state index in [1.807, 2.05) is 39.0 Å². The van der Waals surface area contributed by atoms with E-state index in [4.69, 9.17) is 4.74 Å². The largest absolute Gasteiger partial charge is 0.489 e. The third-order valence-corrected chi connectivity index (χ3v) is 3.98. The highest BCUT2D eigenvalue weighted by Gasteiger charge is 2.07. The molecular formula is C22H30FIN4O2. The van der Waals surface area contributed by atoms with Gasteiger partial charge >= 0.3 is 0 Å². The zero-order valence-corrected chi connectivity index (χ0v) is 19.9. The van der Waals surface area contributed by atoms with Gasteiger partial charge in [0.15, 0.2) is 5.96 Å². The molecule has 0 aliphatic rings. The molecule has 0 aliphatic heterocycles. The van der Waals surface area contributed by atoms with Crippen LogP contribution in [0, 0.1) is 5.82 Å². The van der Waals surface area contributed by atoms with E-state index in [0.29, 0.717) is 43.5 Å². The first-order valence-corrected chi connectivity index (χ1v) is 9.83. The third kappa shape index (κ3) is 8.98. The Kier molecular flexibility index (Phi) is 11.8. The first-order chi connectivity index (χ1) is 14.0. The summed E-state index contributed by atoms with van der Waals surface area (Å²) in [6, 6.07) is 13.5. The number of amides is 1. The molecule has 2 aromatic carbocycles. The Labute approximate surface area is 194 Å². The van der Waals surface area contributed by atoms with Crippen LogP contribution in [0.5, 0.6) is 5.75 Å². The van der Waals surface area contributed by atoms with Gasteiger partial charge in [-0.05, 0) is 50.6 Å². The van der Waals surface area contributed by atoms with Crippen molar-refractivity contribution in [3.05, 3.63) is 65.5 Å². The lowest BCUT2D eigenvalue weighted by Gasteiger charge is -2.17. The fraction of sp³-hybridized carbons (Fsp3) is 0.364. The number of nitrogens with one attached hydrogen (secondary N) is 3. The highest BCUT2D eigenvalue weighted by Crippen LogP contribution is 2.13. The van der Waals surface area contributed by atoms with Gasteiger partial charge < -0.3 is 20.7 Å². The summed E-state index contributed by atoms with van der Waals surface area (Å²) in [5, 5.41) is 9.20. The second-order valence-electron chi connectivity index (χ2n) is 6.52. The molecule has 2 aromatic rings. The normalized spacial score (nSPS) is 11.8. The average molecular weight is 528 g/mol. The summed E-state index contributed by atoms with van der Waals surface area (Å²) in [5.74, 6) is 0.716. The second-order valence-corrected chi connectivity index (χ2v) is 6.52. The molecule has 164 valence electrons. The topological polar surface area (TPSA) is 74.8 Å². The number of ether oxygens (including phenoxy) is 1. The molecule has 0 heterocycles. The van der Waals surface area contributed by atoms with Crippen molar-refractivity contribution < 1.29 is 13.9 Å². The minimum absolute atomic E-state index is 0.